The summed E-state index contributed by atoms with van der Waals surface area (Å²) in [5.41, 5.74) is 0. The van der Waals surface area contributed by atoms with Gasteiger partial charge in [0, 0.05) is 12.8 Å². The van der Waals surface area contributed by atoms with E-state index in [1.807, 2.05) is 21.1 Å². The Labute approximate surface area is 307 Å². The topological polar surface area (TPSA) is 108 Å². The number of allylic oxidation sites excluding steroid dienone is 2. The molecule has 0 spiro atoms. The van der Waals surface area contributed by atoms with Crippen LogP contribution >= 0.6 is 7.82 Å². The normalized spacial score (nSPS) is 13.8. The Morgan fingerprint density at radius 1 is 0.600 bits per heavy atom. The van der Waals surface area contributed by atoms with E-state index in [0.717, 1.165) is 32.1 Å². The summed E-state index contributed by atoms with van der Waals surface area (Å²) in [6.45, 7) is 4.39. The molecule has 0 saturated carbocycles. The maximum absolute atomic E-state index is 12.6. The molecule has 0 bridgehead atoms. The molecule has 2 atom stereocenters. The Hall–Kier alpha value is -1.25. The number of quaternary nitrogens is 1. The molecule has 296 valence electrons. The molecule has 1 N–H and O–H groups in total. The highest BCUT2D eigenvalue weighted by atomic mass is 31.2. The molecular weight excluding hydrogens is 653 g/mol. The van der Waals surface area contributed by atoms with Gasteiger partial charge in [0.2, 0.25) is 0 Å². The van der Waals surface area contributed by atoms with E-state index >= 15 is 0 Å². The molecule has 0 aliphatic heterocycles. The van der Waals surface area contributed by atoms with Crippen molar-refractivity contribution >= 4 is 19.8 Å². The summed E-state index contributed by atoms with van der Waals surface area (Å²) in [4.78, 5) is 35.1. The third-order valence-electron chi connectivity index (χ3n) is 8.80. The lowest BCUT2D eigenvalue weighted by Gasteiger charge is -2.24. The van der Waals surface area contributed by atoms with E-state index in [-0.39, 0.29) is 32.0 Å². The van der Waals surface area contributed by atoms with Crippen molar-refractivity contribution in [1.29, 1.82) is 0 Å². The smallest absolute Gasteiger partial charge is 0.462 e. The second-order valence-electron chi connectivity index (χ2n) is 15.0. The second kappa shape index (κ2) is 33.6. The van der Waals surface area contributed by atoms with Crippen molar-refractivity contribution in [2.45, 2.75) is 187 Å². The first-order chi connectivity index (χ1) is 24.0. The molecule has 0 aromatic rings. The van der Waals surface area contributed by atoms with Crippen molar-refractivity contribution in [2.75, 3.05) is 47.5 Å². The molecule has 0 aromatic carbocycles. The van der Waals surface area contributed by atoms with Crippen LogP contribution in [0.4, 0.5) is 0 Å². The van der Waals surface area contributed by atoms with E-state index < -0.39 is 26.5 Å². The summed E-state index contributed by atoms with van der Waals surface area (Å²) in [5.74, 6) is -0.801. The zero-order chi connectivity index (χ0) is 37.2. The first-order valence-corrected chi connectivity index (χ1v) is 21.9. The molecule has 0 rings (SSSR count). The molecule has 0 aliphatic rings. The van der Waals surface area contributed by atoms with Crippen LogP contribution in [-0.2, 0) is 32.7 Å². The van der Waals surface area contributed by atoms with E-state index in [1.165, 1.54) is 116 Å². The van der Waals surface area contributed by atoms with Crippen molar-refractivity contribution in [3.05, 3.63) is 12.2 Å². The number of hydrogen-bond acceptors (Lipinski definition) is 7. The fraction of sp³-hybridized carbons (Fsp3) is 0.900. The van der Waals surface area contributed by atoms with Gasteiger partial charge in [-0.25, -0.2) is 4.57 Å². The number of phosphoric ester groups is 1. The molecule has 10 heteroatoms. The number of nitrogens with zero attached hydrogens (tertiary/aromatic N) is 1. The Morgan fingerprint density at radius 3 is 1.48 bits per heavy atom. The Morgan fingerprint density at radius 2 is 1.02 bits per heavy atom. The lowest BCUT2D eigenvalue weighted by Crippen LogP contribution is -2.37. The van der Waals surface area contributed by atoms with Gasteiger partial charge in [-0.3, -0.25) is 18.6 Å². The van der Waals surface area contributed by atoms with Gasteiger partial charge in [0.15, 0.2) is 6.10 Å². The van der Waals surface area contributed by atoms with Crippen LogP contribution in [0.3, 0.4) is 0 Å². The van der Waals surface area contributed by atoms with Crippen molar-refractivity contribution in [2.24, 2.45) is 0 Å². The van der Waals surface area contributed by atoms with Crippen molar-refractivity contribution in [1.82, 2.24) is 0 Å². The molecule has 50 heavy (non-hydrogen) atoms. The Bertz CT molecular complexity index is 876. The third kappa shape index (κ3) is 36.5. The third-order valence-corrected chi connectivity index (χ3v) is 9.78. The summed E-state index contributed by atoms with van der Waals surface area (Å²) in [6, 6.07) is 0. The summed E-state index contributed by atoms with van der Waals surface area (Å²) in [5, 5.41) is 0. The monoisotopic (exact) mass is 733 g/mol. The van der Waals surface area contributed by atoms with E-state index in [0.29, 0.717) is 17.4 Å². The molecule has 0 aliphatic carbocycles. The van der Waals surface area contributed by atoms with Gasteiger partial charge in [-0.1, -0.05) is 142 Å². The number of rotatable bonds is 37. The van der Waals surface area contributed by atoms with Crippen LogP contribution in [0.2, 0.25) is 0 Å². The van der Waals surface area contributed by atoms with Crippen LogP contribution in [0.5, 0.6) is 0 Å². The highest BCUT2D eigenvalue weighted by Crippen LogP contribution is 2.43. The van der Waals surface area contributed by atoms with Gasteiger partial charge in [-0.15, -0.1) is 0 Å². The SMILES string of the molecule is CCCCCCCC/C=C/CCCCCCCCCC(=O)OC[C@@H](COP(=O)(O)OCC[N+](C)(C)C)OC(=O)CCCCCCCCCCC. The van der Waals surface area contributed by atoms with Crippen LogP contribution in [0.15, 0.2) is 12.2 Å². The maximum atomic E-state index is 12.6. The Kier molecular flexibility index (Phi) is 32.7. The standard InChI is InChI=1S/C40H78NO8P/c1-6-8-10-12-14-16-17-18-19-20-21-22-23-25-26-28-30-32-39(42)46-36-38(37-48-50(44,45)47-35-34-41(3,4)5)49-40(43)33-31-29-27-24-15-13-11-9-7-2/h18-19,38H,6-17,20-37H2,1-5H3/p+1/b19-18+/t38-/m0/s1. The van der Waals surface area contributed by atoms with E-state index in [1.54, 1.807) is 0 Å². The average Bonchev–Trinajstić information content (AvgIpc) is 3.06. The number of unbranched alkanes of at least 4 members (excludes halogenated alkanes) is 21. The van der Waals surface area contributed by atoms with Crippen LogP contribution < -0.4 is 0 Å². The second-order valence-corrected chi connectivity index (χ2v) is 16.5. The molecule has 0 amide bonds. The summed E-state index contributed by atoms with van der Waals surface area (Å²) in [6.07, 6.45) is 32.6. The molecule has 1 unspecified atom stereocenters. The molecule has 9 nitrogen and oxygen atoms in total. The maximum Gasteiger partial charge on any atom is 0.472 e. The van der Waals surface area contributed by atoms with E-state index in [9.17, 15) is 19.0 Å². The molecule has 0 aromatic heterocycles. The van der Waals surface area contributed by atoms with Gasteiger partial charge < -0.3 is 18.9 Å². The first-order valence-electron chi connectivity index (χ1n) is 20.4. The Balaban J connectivity index is 4.31. The van der Waals surface area contributed by atoms with Crippen LogP contribution in [0, 0.1) is 0 Å². The van der Waals surface area contributed by atoms with Crippen LogP contribution in [0.1, 0.15) is 181 Å². The van der Waals surface area contributed by atoms with Gasteiger partial charge in [0.1, 0.15) is 19.8 Å². The summed E-state index contributed by atoms with van der Waals surface area (Å²) in [7, 11) is 1.48. The summed E-state index contributed by atoms with van der Waals surface area (Å²) < 4.78 is 34.1. The minimum atomic E-state index is -4.36. The van der Waals surface area contributed by atoms with Crippen molar-refractivity contribution < 1.29 is 42.1 Å². The quantitative estimate of drug-likeness (QED) is 0.0221. The van der Waals surface area contributed by atoms with Gasteiger partial charge in [-0.2, -0.15) is 0 Å². The van der Waals surface area contributed by atoms with Gasteiger partial charge in [0.25, 0.3) is 0 Å². The predicted octanol–water partition coefficient (Wildman–Crippen LogP) is 11.0. The summed E-state index contributed by atoms with van der Waals surface area (Å²) >= 11 is 0. The molecular formula is C40H79NO8P+. The van der Waals surface area contributed by atoms with Gasteiger partial charge in [0.05, 0.1) is 27.7 Å². The number of phosphoric acid groups is 1. The minimum absolute atomic E-state index is 0.0338. The number of carbonyl (C=O) groups excluding carboxylic acids is 2. The highest BCUT2D eigenvalue weighted by Gasteiger charge is 2.27. The predicted molar refractivity (Wildman–Crippen MR) is 206 cm³/mol. The number of ether oxygens (including phenoxy) is 2. The largest absolute Gasteiger partial charge is 0.472 e. The molecule has 0 radical (unpaired) electrons. The van der Waals surface area contributed by atoms with E-state index in [2.05, 4.69) is 26.0 Å². The van der Waals surface area contributed by atoms with Gasteiger partial charge >= 0.3 is 19.8 Å². The van der Waals surface area contributed by atoms with Gasteiger partial charge in [-0.05, 0) is 38.5 Å². The lowest BCUT2D eigenvalue weighted by molar-refractivity contribution is -0.870. The number of hydrogen-bond donors (Lipinski definition) is 1. The minimum Gasteiger partial charge on any atom is -0.462 e. The number of esters is 2. The molecule has 0 saturated heterocycles. The fourth-order valence-corrected chi connectivity index (χ4v) is 6.28. The lowest BCUT2D eigenvalue weighted by atomic mass is 10.1. The number of likely N-dealkylation sites (N-methyl/N-ethyl adjacent to an activating group) is 1. The molecule has 0 heterocycles. The molecule has 0 fully saturated rings. The van der Waals surface area contributed by atoms with E-state index in [4.69, 9.17) is 18.5 Å². The van der Waals surface area contributed by atoms with Crippen molar-refractivity contribution in [3.63, 3.8) is 0 Å². The first kappa shape index (κ1) is 48.8. The fourth-order valence-electron chi connectivity index (χ4n) is 5.54. The zero-order valence-corrected chi connectivity index (χ0v) is 34.0. The van der Waals surface area contributed by atoms with Crippen molar-refractivity contribution in [3.8, 4) is 0 Å². The average molecular weight is 733 g/mol. The highest BCUT2D eigenvalue weighted by molar-refractivity contribution is 7.47. The van der Waals surface area contributed by atoms with Crippen LogP contribution in [-0.4, -0.2) is 74.9 Å². The zero-order valence-electron chi connectivity index (χ0n) is 33.1. The van der Waals surface area contributed by atoms with Crippen LogP contribution in [0.25, 0.3) is 0 Å². The number of carbonyl (C=O) groups is 2.